The molecule has 0 aromatic heterocycles. The highest BCUT2D eigenvalue weighted by atomic mass is 16.2. The molecule has 4 rings (SSSR count). The Hall–Kier alpha value is -2.86. The van der Waals surface area contributed by atoms with Gasteiger partial charge in [-0.1, -0.05) is 18.6 Å². The van der Waals surface area contributed by atoms with Gasteiger partial charge in [0, 0.05) is 43.5 Å². The highest BCUT2D eigenvalue weighted by Gasteiger charge is 2.26. The van der Waals surface area contributed by atoms with Gasteiger partial charge < -0.3 is 20.4 Å². The smallest absolute Gasteiger partial charge is 0.257 e. The average molecular weight is 393 g/mol. The number of hydrogen-bond acceptors (Lipinski definition) is 4. The summed E-state index contributed by atoms with van der Waals surface area (Å²) in [6, 6.07) is 15.1. The number of anilines is 3. The molecule has 1 heterocycles. The van der Waals surface area contributed by atoms with Crippen LogP contribution in [0, 0.1) is 5.92 Å². The summed E-state index contributed by atoms with van der Waals surface area (Å²) < 4.78 is 0. The zero-order valence-corrected chi connectivity index (χ0v) is 16.9. The molecular weight excluding hydrogens is 364 g/mol. The van der Waals surface area contributed by atoms with Crippen LogP contribution in [-0.4, -0.2) is 49.9 Å². The molecule has 152 valence electrons. The van der Waals surface area contributed by atoms with E-state index in [2.05, 4.69) is 27.5 Å². The highest BCUT2D eigenvalue weighted by Crippen LogP contribution is 2.28. The lowest BCUT2D eigenvalue weighted by molar-refractivity contribution is -0.122. The third-order valence-corrected chi connectivity index (χ3v) is 5.90. The van der Waals surface area contributed by atoms with Crippen molar-refractivity contribution >= 4 is 28.9 Å². The van der Waals surface area contributed by atoms with E-state index >= 15 is 0 Å². The van der Waals surface area contributed by atoms with Crippen LogP contribution in [0.4, 0.5) is 17.1 Å². The Morgan fingerprint density at radius 2 is 1.59 bits per heavy atom. The van der Waals surface area contributed by atoms with E-state index in [1.165, 1.54) is 5.69 Å². The van der Waals surface area contributed by atoms with Crippen LogP contribution in [-0.2, 0) is 4.79 Å². The van der Waals surface area contributed by atoms with Gasteiger partial charge in [0.2, 0.25) is 5.91 Å². The fraction of sp³-hybridized carbons (Fsp3) is 0.391. The number of carbonyl (C=O) groups is 2. The van der Waals surface area contributed by atoms with E-state index in [-0.39, 0.29) is 17.7 Å². The molecule has 0 spiro atoms. The number of rotatable bonds is 5. The van der Waals surface area contributed by atoms with Crippen LogP contribution in [0.2, 0.25) is 0 Å². The van der Waals surface area contributed by atoms with Gasteiger partial charge in [0.25, 0.3) is 5.91 Å². The van der Waals surface area contributed by atoms with Gasteiger partial charge in [-0.15, -0.1) is 0 Å². The van der Waals surface area contributed by atoms with Crippen molar-refractivity contribution in [1.82, 2.24) is 4.90 Å². The molecule has 2 fully saturated rings. The first kappa shape index (κ1) is 19.5. The Bertz CT molecular complexity index is 869. The summed E-state index contributed by atoms with van der Waals surface area (Å²) >= 11 is 0. The molecule has 1 saturated heterocycles. The van der Waals surface area contributed by atoms with Gasteiger partial charge in [0.1, 0.15) is 0 Å². The number of amides is 2. The van der Waals surface area contributed by atoms with Crippen LogP contribution in [0.25, 0.3) is 0 Å². The highest BCUT2D eigenvalue weighted by molar-refractivity contribution is 6.10. The van der Waals surface area contributed by atoms with Gasteiger partial charge in [0.15, 0.2) is 0 Å². The molecule has 1 saturated carbocycles. The first-order valence-corrected chi connectivity index (χ1v) is 10.3. The lowest BCUT2D eigenvalue weighted by Crippen LogP contribution is -2.44. The molecule has 0 atom stereocenters. The van der Waals surface area contributed by atoms with Crippen LogP contribution in [0.1, 0.15) is 29.6 Å². The SMILES string of the molecule is CN1CCN(c2ccc(NC(=O)c3ccccc3NC(=O)C3CCC3)cc2)CC1. The van der Waals surface area contributed by atoms with Gasteiger partial charge in [0.05, 0.1) is 11.3 Å². The molecular formula is C23H28N4O2. The number of likely N-dealkylation sites (N-methyl/N-ethyl adjacent to an activating group) is 1. The molecule has 2 aromatic carbocycles. The maximum absolute atomic E-state index is 12.8. The Kier molecular flexibility index (Phi) is 5.81. The average Bonchev–Trinajstić information content (AvgIpc) is 2.68. The van der Waals surface area contributed by atoms with Gasteiger partial charge in [-0.3, -0.25) is 9.59 Å². The standard InChI is InChI=1S/C23H28N4O2/c1-26-13-15-27(16-14-26)19-11-9-18(10-12-19)24-23(29)20-7-2-3-8-21(20)25-22(28)17-5-4-6-17/h2-3,7-12,17H,4-6,13-16H2,1H3,(H,24,29)(H,25,28). The number of benzene rings is 2. The summed E-state index contributed by atoms with van der Waals surface area (Å²) in [6.45, 7) is 4.14. The third-order valence-electron chi connectivity index (χ3n) is 5.90. The van der Waals surface area contributed by atoms with Crippen molar-refractivity contribution in [2.24, 2.45) is 5.92 Å². The van der Waals surface area contributed by atoms with Crippen molar-refractivity contribution in [3.05, 3.63) is 54.1 Å². The molecule has 6 heteroatoms. The van der Waals surface area contributed by atoms with Crippen LogP contribution in [0.15, 0.2) is 48.5 Å². The largest absolute Gasteiger partial charge is 0.369 e. The quantitative estimate of drug-likeness (QED) is 0.818. The first-order valence-electron chi connectivity index (χ1n) is 10.3. The topological polar surface area (TPSA) is 64.7 Å². The molecule has 2 aliphatic rings. The second-order valence-electron chi connectivity index (χ2n) is 7.95. The number of carbonyl (C=O) groups excluding carboxylic acids is 2. The summed E-state index contributed by atoms with van der Waals surface area (Å²) in [4.78, 5) is 29.8. The molecule has 2 amide bonds. The van der Waals surface area contributed by atoms with Crippen molar-refractivity contribution in [2.45, 2.75) is 19.3 Å². The molecule has 1 aliphatic carbocycles. The summed E-state index contributed by atoms with van der Waals surface area (Å²) in [5.74, 6) is -0.136. The molecule has 0 bridgehead atoms. The van der Waals surface area contributed by atoms with E-state index in [1.807, 2.05) is 36.4 Å². The lowest BCUT2D eigenvalue weighted by Gasteiger charge is -2.34. The molecule has 2 aromatic rings. The van der Waals surface area contributed by atoms with Crippen LogP contribution in [0.5, 0.6) is 0 Å². The summed E-state index contributed by atoms with van der Waals surface area (Å²) in [5.41, 5.74) is 2.96. The van der Waals surface area contributed by atoms with Crippen LogP contribution in [0.3, 0.4) is 0 Å². The van der Waals surface area contributed by atoms with Crippen LogP contribution >= 0.6 is 0 Å². The summed E-state index contributed by atoms with van der Waals surface area (Å²) in [5, 5.41) is 5.87. The normalized spacial score (nSPS) is 17.5. The maximum Gasteiger partial charge on any atom is 0.257 e. The number of piperazine rings is 1. The van der Waals surface area contributed by atoms with Crippen molar-refractivity contribution in [2.75, 3.05) is 48.8 Å². The molecule has 1 aliphatic heterocycles. The Morgan fingerprint density at radius 1 is 0.897 bits per heavy atom. The minimum Gasteiger partial charge on any atom is -0.369 e. The molecule has 29 heavy (non-hydrogen) atoms. The predicted molar refractivity (Wildman–Crippen MR) is 117 cm³/mol. The van der Waals surface area contributed by atoms with Crippen molar-refractivity contribution in [3.63, 3.8) is 0 Å². The van der Waals surface area contributed by atoms with Crippen molar-refractivity contribution in [1.29, 1.82) is 0 Å². The minimum atomic E-state index is -0.221. The maximum atomic E-state index is 12.8. The predicted octanol–water partition coefficient (Wildman–Crippen LogP) is 3.43. The zero-order valence-electron chi connectivity index (χ0n) is 16.9. The summed E-state index contributed by atoms with van der Waals surface area (Å²) in [7, 11) is 2.14. The Balaban J connectivity index is 1.41. The van der Waals surface area contributed by atoms with E-state index in [9.17, 15) is 9.59 Å². The number of nitrogens with zero attached hydrogens (tertiary/aromatic N) is 2. The minimum absolute atomic E-state index is 0.00743. The van der Waals surface area contributed by atoms with E-state index in [1.54, 1.807) is 12.1 Å². The molecule has 0 unspecified atom stereocenters. The lowest BCUT2D eigenvalue weighted by atomic mass is 9.85. The van der Waals surface area contributed by atoms with Gasteiger partial charge in [-0.05, 0) is 56.3 Å². The van der Waals surface area contributed by atoms with Crippen molar-refractivity contribution in [3.8, 4) is 0 Å². The first-order chi connectivity index (χ1) is 14.1. The molecule has 0 radical (unpaired) electrons. The molecule has 6 nitrogen and oxygen atoms in total. The van der Waals surface area contributed by atoms with Gasteiger partial charge in [-0.2, -0.15) is 0 Å². The zero-order chi connectivity index (χ0) is 20.2. The van der Waals surface area contributed by atoms with Crippen molar-refractivity contribution < 1.29 is 9.59 Å². The van der Waals surface area contributed by atoms with E-state index in [0.717, 1.165) is 51.1 Å². The van der Waals surface area contributed by atoms with Crippen LogP contribution < -0.4 is 15.5 Å². The van der Waals surface area contributed by atoms with Gasteiger partial charge in [-0.25, -0.2) is 0 Å². The second kappa shape index (κ2) is 8.66. The Morgan fingerprint density at radius 3 is 2.24 bits per heavy atom. The summed E-state index contributed by atoms with van der Waals surface area (Å²) in [6.07, 6.45) is 2.96. The molecule has 2 N–H and O–H groups in total. The number of para-hydroxylation sites is 1. The fourth-order valence-corrected chi connectivity index (χ4v) is 3.71. The van der Waals surface area contributed by atoms with E-state index in [4.69, 9.17) is 0 Å². The van der Waals surface area contributed by atoms with Gasteiger partial charge >= 0.3 is 0 Å². The second-order valence-corrected chi connectivity index (χ2v) is 7.95. The number of nitrogens with one attached hydrogen (secondary N) is 2. The third kappa shape index (κ3) is 4.59. The Labute approximate surface area is 171 Å². The monoisotopic (exact) mass is 392 g/mol. The number of hydrogen-bond donors (Lipinski definition) is 2. The van der Waals surface area contributed by atoms with E-state index < -0.39 is 0 Å². The van der Waals surface area contributed by atoms with E-state index in [0.29, 0.717) is 11.3 Å². The fourth-order valence-electron chi connectivity index (χ4n) is 3.71.